The number of nitrogens with one attached hydrogen (secondary N) is 1. The van der Waals surface area contributed by atoms with Crippen molar-refractivity contribution >= 4 is 11.7 Å². The Bertz CT molecular complexity index is 599. The quantitative estimate of drug-likeness (QED) is 0.676. The highest BCUT2D eigenvalue weighted by molar-refractivity contribution is 5.89. The third kappa shape index (κ3) is 4.04. The zero-order valence-corrected chi connectivity index (χ0v) is 11.5. The van der Waals surface area contributed by atoms with Gasteiger partial charge in [-0.1, -0.05) is 30.3 Å². The van der Waals surface area contributed by atoms with Crippen LogP contribution in [0.4, 0.5) is 10.5 Å². The summed E-state index contributed by atoms with van der Waals surface area (Å²) in [6.45, 7) is 0.117. The van der Waals surface area contributed by atoms with E-state index in [2.05, 4.69) is 10.6 Å². The molecule has 6 heteroatoms. The van der Waals surface area contributed by atoms with E-state index < -0.39 is 6.03 Å². The smallest absolute Gasteiger partial charge is 0.345 e. The van der Waals surface area contributed by atoms with Crippen LogP contribution >= 0.6 is 0 Å². The lowest BCUT2D eigenvalue weighted by atomic mass is 10.2. The maximum atomic E-state index is 12.0. The van der Waals surface area contributed by atoms with E-state index in [0.29, 0.717) is 11.4 Å². The summed E-state index contributed by atoms with van der Waals surface area (Å²) < 4.78 is 5.03. The molecule has 0 saturated carbocycles. The zero-order valence-electron chi connectivity index (χ0n) is 11.5. The summed E-state index contributed by atoms with van der Waals surface area (Å²) >= 11 is 0. The number of benzene rings is 2. The molecule has 108 valence electrons. The van der Waals surface area contributed by atoms with Crippen LogP contribution in [-0.4, -0.2) is 18.1 Å². The molecule has 0 unspecified atom stereocenters. The first-order valence-electron chi connectivity index (χ1n) is 6.32. The Balaban J connectivity index is 2.01. The molecule has 0 aliphatic rings. The second-order valence-corrected chi connectivity index (χ2v) is 4.28. The lowest BCUT2D eigenvalue weighted by Gasteiger charge is -2.14. The zero-order chi connectivity index (χ0) is 15.1. The Hall–Kier alpha value is -2.89. The van der Waals surface area contributed by atoms with Gasteiger partial charge < -0.3 is 10.1 Å². The van der Waals surface area contributed by atoms with Crippen molar-refractivity contribution in [3.63, 3.8) is 0 Å². The van der Waals surface area contributed by atoms with Gasteiger partial charge in [0.05, 0.1) is 18.9 Å². The molecule has 21 heavy (non-hydrogen) atoms. The van der Waals surface area contributed by atoms with Crippen molar-refractivity contribution in [1.82, 2.24) is 5.01 Å². The van der Waals surface area contributed by atoms with Crippen LogP contribution in [0.3, 0.4) is 0 Å². The largest absolute Gasteiger partial charge is 0.497 e. The maximum absolute atomic E-state index is 12.0. The number of nitrogens with zero attached hydrogens (tertiary/aromatic N) is 2. The first kappa shape index (κ1) is 14.5. The van der Waals surface area contributed by atoms with E-state index in [4.69, 9.17) is 4.74 Å². The number of urea groups is 1. The van der Waals surface area contributed by atoms with Crippen molar-refractivity contribution in [2.45, 2.75) is 6.54 Å². The first-order valence-corrected chi connectivity index (χ1v) is 6.32. The van der Waals surface area contributed by atoms with E-state index in [1.807, 2.05) is 30.3 Å². The van der Waals surface area contributed by atoms with E-state index in [-0.39, 0.29) is 6.54 Å². The van der Waals surface area contributed by atoms with E-state index in [1.54, 1.807) is 31.4 Å². The van der Waals surface area contributed by atoms with Crippen LogP contribution in [-0.2, 0) is 6.54 Å². The molecule has 2 amide bonds. The number of amides is 2. The predicted octanol–water partition coefficient (Wildman–Crippen LogP) is 3.41. The molecule has 0 aliphatic heterocycles. The average molecular weight is 285 g/mol. The molecular formula is C15H15N3O3. The number of carbonyl (C=O) groups excluding carboxylic acids is 1. The number of methoxy groups -OCH3 is 1. The van der Waals surface area contributed by atoms with Gasteiger partial charge in [-0.15, -0.1) is 4.91 Å². The molecule has 0 fully saturated rings. The number of nitroso groups, excluding NO2 is 1. The molecule has 2 aromatic carbocycles. The molecule has 0 aliphatic carbocycles. The maximum Gasteiger partial charge on any atom is 0.345 e. The average Bonchev–Trinajstić information content (AvgIpc) is 2.54. The molecule has 0 spiro atoms. The Kier molecular flexibility index (Phi) is 4.87. The van der Waals surface area contributed by atoms with E-state index >= 15 is 0 Å². The first-order chi connectivity index (χ1) is 10.2. The second kappa shape index (κ2) is 7.04. The topological polar surface area (TPSA) is 71.0 Å². The molecule has 0 bridgehead atoms. The van der Waals surface area contributed by atoms with Crippen molar-refractivity contribution in [1.29, 1.82) is 0 Å². The normalized spacial score (nSPS) is 9.76. The standard InChI is InChI=1S/C15H15N3O3/c1-21-14-9-7-13(8-10-14)16-15(19)18(17-20)11-12-5-3-2-4-6-12/h2-10H,11H2,1H3,(H,16,19). The molecule has 0 aromatic heterocycles. The number of carbonyl (C=O) groups is 1. The monoisotopic (exact) mass is 285 g/mol. The third-order valence-corrected chi connectivity index (χ3v) is 2.85. The third-order valence-electron chi connectivity index (χ3n) is 2.85. The number of anilines is 1. The summed E-state index contributed by atoms with van der Waals surface area (Å²) in [5, 5.41) is 6.19. The fraction of sp³-hybridized carbons (Fsp3) is 0.133. The van der Waals surface area contributed by atoms with E-state index in [9.17, 15) is 9.70 Å². The SMILES string of the molecule is COc1ccc(NC(=O)N(Cc2ccccc2)N=O)cc1. The molecular weight excluding hydrogens is 270 g/mol. The molecule has 6 nitrogen and oxygen atoms in total. The Morgan fingerprint density at radius 3 is 2.38 bits per heavy atom. The van der Waals surface area contributed by atoms with Crippen LogP contribution in [0.25, 0.3) is 0 Å². The Morgan fingerprint density at radius 2 is 1.81 bits per heavy atom. The van der Waals surface area contributed by atoms with Gasteiger partial charge in [-0.05, 0) is 29.8 Å². The van der Waals surface area contributed by atoms with Crippen LogP contribution in [0.1, 0.15) is 5.56 Å². The van der Waals surface area contributed by atoms with Crippen LogP contribution in [0, 0.1) is 4.91 Å². The van der Waals surface area contributed by atoms with E-state index in [1.165, 1.54) is 0 Å². The minimum atomic E-state index is -0.584. The van der Waals surface area contributed by atoms with Crippen molar-refractivity contribution in [2.75, 3.05) is 12.4 Å². The van der Waals surface area contributed by atoms with E-state index in [0.717, 1.165) is 10.6 Å². The molecule has 0 heterocycles. The highest BCUT2D eigenvalue weighted by Gasteiger charge is 2.14. The van der Waals surface area contributed by atoms with Gasteiger partial charge in [-0.3, -0.25) is 0 Å². The summed E-state index contributed by atoms with van der Waals surface area (Å²) in [5.74, 6) is 0.683. The van der Waals surface area contributed by atoms with Crippen molar-refractivity contribution in [3.05, 3.63) is 65.1 Å². The van der Waals surface area contributed by atoms with Gasteiger partial charge in [0, 0.05) is 5.69 Å². The summed E-state index contributed by atoms with van der Waals surface area (Å²) in [6, 6.07) is 15.4. The van der Waals surface area contributed by atoms with Crippen molar-refractivity contribution in [2.24, 2.45) is 5.29 Å². The molecule has 0 saturated heterocycles. The summed E-state index contributed by atoms with van der Waals surface area (Å²) in [4.78, 5) is 22.8. The number of rotatable bonds is 5. The Morgan fingerprint density at radius 1 is 1.14 bits per heavy atom. The molecule has 2 rings (SSSR count). The lowest BCUT2D eigenvalue weighted by Crippen LogP contribution is -2.29. The second-order valence-electron chi connectivity index (χ2n) is 4.28. The number of hydrogen-bond acceptors (Lipinski definition) is 4. The fourth-order valence-electron chi connectivity index (χ4n) is 1.76. The Labute approximate surface area is 122 Å². The predicted molar refractivity (Wildman–Crippen MR) is 79.8 cm³/mol. The van der Waals surface area contributed by atoms with Crippen molar-refractivity contribution in [3.8, 4) is 5.75 Å². The van der Waals surface area contributed by atoms with Crippen LogP contribution in [0.15, 0.2) is 59.9 Å². The van der Waals surface area contributed by atoms with Gasteiger partial charge in [0.25, 0.3) is 0 Å². The highest BCUT2D eigenvalue weighted by atomic mass is 16.5. The molecule has 0 atom stereocenters. The van der Waals surface area contributed by atoms with Gasteiger partial charge >= 0.3 is 6.03 Å². The summed E-state index contributed by atoms with van der Waals surface area (Å²) in [6.07, 6.45) is 0. The number of hydrogen-bond donors (Lipinski definition) is 1. The molecule has 0 radical (unpaired) electrons. The van der Waals surface area contributed by atoms with Gasteiger partial charge in [0.2, 0.25) is 0 Å². The fourth-order valence-corrected chi connectivity index (χ4v) is 1.76. The lowest BCUT2D eigenvalue weighted by molar-refractivity contribution is 0.211. The van der Waals surface area contributed by atoms with Crippen LogP contribution in [0.2, 0.25) is 0 Å². The minimum Gasteiger partial charge on any atom is -0.497 e. The molecule has 2 aromatic rings. The summed E-state index contributed by atoms with van der Waals surface area (Å²) in [5.41, 5.74) is 1.38. The highest BCUT2D eigenvalue weighted by Crippen LogP contribution is 2.16. The van der Waals surface area contributed by atoms with Crippen molar-refractivity contribution < 1.29 is 9.53 Å². The van der Waals surface area contributed by atoms with Gasteiger partial charge in [-0.2, -0.15) is 5.01 Å². The van der Waals surface area contributed by atoms with Crippen LogP contribution in [0.5, 0.6) is 5.75 Å². The van der Waals surface area contributed by atoms with Crippen LogP contribution < -0.4 is 10.1 Å². The van der Waals surface area contributed by atoms with Gasteiger partial charge in [0.1, 0.15) is 5.75 Å². The minimum absolute atomic E-state index is 0.117. The number of ether oxygens (including phenoxy) is 1. The summed E-state index contributed by atoms with van der Waals surface area (Å²) in [7, 11) is 1.56. The van der Waals surface area contributed by atoms with Gasteiger partial charge in [-0.25, -0.2) is 4.79 Å². The molecule has 1 N–H and O–H groups in total. The van der Waals surface area contributed by atoms with Gasteiger partial charge in [0.15, 0.2) is 0 Å².